The zero-order valence-electron chi connectivity index (χ0n) is 25.8. The lowest BCUT2D eigenvalue weighted by Gasteiger charge is -2.62. The van der Waals surface area contributed by atoms with Crippen molar-refractivity contribution in [3.05, 3.63) is 0 Å². The third-order valence-corrected chi connectivity index (χ3v) is 14.1. The van der Waals surface area contributed by atoms with E-state index in [0.29, 0.717) is 54.3 Å². The molecule has 240 valence electrons. The Hall–Kier alpha value is -0.360. The summed E-state index contributed by atoms with van der Waals surface area (Å²) < 4.78 is 25.1. The van der Waals surface area contributed by atoms with Gasteiger partial charge in [-0.3, -0.25) is 0 Å². The fraction of sp³-hybridized carbons (Fsp3) is 1.00. The van der Waals surface area contributed by atoms with Crippen molar-refractivity contribution in [2.45, 2.75) is 140 Å². The fourth-order valence-electron chi connectivity index (χ4n) is 11.8. The monoisotopic (exact) mass is 594 g/mol. The van der Waals surface area contributed by atoms with E-state index >= 15 is 0 Å². The van der Waals surface area contributed by atoms with E-state index in [0.717, 1.165) is 25.9 Å². The first-order valence-electron chi connectivity index (χ1n) is 16.9. The summed E-state index contributed by atoms with van der Waals surface area (Å²) in [5, 5.41) is 51.9. The smallest absolute Gasteiger partial charge is 0.187 e. The van der Waals surface area contributed by atoms with Crippen LogP contribution in [-0.4, -0.2) is 93.6 Å². The summed E-state index contributed by atoms with van der Waals surface area (Å²) in [6.45, 7) is 9.92. The van der Waals surface area contributed by atoms with Crippen LogP contribution in [0.15, 0.2) is 0 Å². The molecule has 4 saturated carbocycles. The van der Waals surface area contributed by atoms with Gasteiger partial charge in [0, 0.05) is 12.3 Å². The second-order valence-corrected chi connectivity index (χ2v) is 16.1. The summed E-state index contributed by atoms with van der Waals surface area (Å²) in [7, 11) is 0. The Balaban J connectivity index is 1.05. The molecule has 9 nitrogen and oxygen atoms in total. The molecule has 0 aromatic heterocycles. The molecule has 0 radical (unpaired) electrons. The average molecular weight is 595 g/mol. The van der Waals surface area contributed by atoms with E-state index in [9.17, 15) is 25.5 Å². The predicted octanol–water partition coefficient (Wildman–Crippen LogP) is 2.59. The van der Waals surface area contributed by atoms with Gasteiger partial charge in [0.1, 0.15) is 24.4 Å². The number of hydrogen-bond donors (Lipinski definition) is 5. The molecular weight excluding hydrogens is 540 g/mol. The highest BCUT2D eigenvalue weighted by Crippen LogP contribution is 2.71. The molecule has 3 aliphatic heterocycles. The summed E-state index contributed by atoms with van der Waals surface area (Å²) >= 11 is 0. The number of aliphatic hydroxyl groups is 5. The molecule has 3 saturated heterocycles. The van der Waals surface area contributed by atoms with Crippen LogP contribution in [0.1, 0.15) is 85.5 Å². The van der Waals surface area contributed by atoms with Crippen LogP contribution in [0.2, 0.25) is 0 Å². The highest BCUT2D eigenvalue weighted by Gasteiger charge is 2.69. The molecule has 0 amide bonds. The van der Waals surface area contributed by atoms with Crippen molar-refractivity contribution in [1.29, 1.82) is 0 Å². The number of fused-ring (bicyclic) bond motifs is 7. The second kappa shape index (κ2) is 10.6. The van der Waals surface area contributed by atoms with Gasteiger partial charge in [0.25, 0.3) is 0 Å². The lowest BCUT2D eigenvalue weighted by atomic mass is 9.44. The van der Waals surface area contributed by atoms with E-state index in [2.05, 4.69) is 27.7 Å². The maximum absolute atomic E-state index is 11.4. The van der Waals surface area contributed by atoms with Crippen LogP contribution in [0.25, 0.3) is 0 Å². The highest BCUT2D eigenvalue weighted by molar-refractivity contribution is 5.16. The lowest BCUT2D eigenvalue weighted by Crippen LogP contribution is -2.61. The van der Waals surface area contributed by atoms with Gasteiger partial charge in [0.2, 0.25) is 0 Å². The van der Waals surface area contributed by atoms with Crippen LogP contribution in [-0.2, 0) is 18.9 Å². The van der Waals surface area contributed by atoms with Crippen molar-refractivity contribution in [2.24, 2.45) is 52.3 Å². The summed E-state index contributed by atoms with van der Waals surface area (Å²) in [5.41, 5.74) is 0.263. The average Bonchev–Trinajstić information content (AvgIpc) is 3.40. The van der Waals surface area contributed by atoms with E-state index in [-0.39, 0.29) is 22.7 Å². The van der Waals surface area contributed by atoms with Gasteiger partial charge in [-0.15, -0.1) is 0 Å². The highest BCUT2D eigenvalue weighted by atomic mass is 16.7. The molecule has 9 heteroatoms. The first kappa shape index (κ1) is 30.3. The zero-order chi connectivity index (χ0) is 29.8. The van der Waals surface area contributed by atoms with E-state index < -0.39 is 49.5 Å². The molecule has 7 rings (SSSR count). The third kappa shape index (κ3) is 4.35. The summed E-state index contributed by atoms with van der Waals surface area (Å²) in [5.74, 6) is 3.36. The van der Waals surface area contributed by atoms with Crippen molar-refractivity contribution in [1.82, 2.24) is 0 Å². The Morgan fingerprint density at radius 2 is 1.64 bits per heavy atom. The Morgan fingerprint density at radius 3 is 2.36 bits per heavy atom. The minimum atomic E-state index is -1.49. The summed E-state index contributed by atoms with van der Waals surface area (Å²) in [6, 6.07) is 0. The lowest BCUT2D eigenvalue weighted by molar-refractivity contribution is -0.324. The van der Waals surface area contributed by atoms with Gasteiger partial charge in [-0.05, 0) is 97.7 Å². The quantitative estimate of drug-likeness (QED) is 0.312. The van der Waals surface area contributed by atoms with Gasteiger partial charge in [0.15, 0.2) is 12.1 Å². The fourth-order valence-corrected chi connectivity index (χ4v) is 11.8. The van der Waals surface area contributed by atoms with Gasteiger partial charge in [0.05, 0.1) is 31.5 Å². The van der Waals surface area contributed by atoms with Gasteiger partial charge in [-0.1, -0.05) is 27.7 Å². The Kier molecular flexibility index (Phi) is 7.64. The minimum Gasteiger partial charge on any atom is -0.394 e. The van der Waals surface area contributed by atoms with Crippen LogP contribution >= 0.6 is 0 Å². The maximum Gasteiger partial charge on any atom is 0.187 e. The Bertz CT molecular complexity index is 1000. The van der Waals surface area contributed by atoms with Gasteiger partial charge in [-0.25, -0.2) is 0 Å². The van der Waals surface area contributed by atoms with Gasteiger partial charge < -0.3 is 44.5 Å². The van der Waals surface area contributed by atoms with E-state index in [1.54, 1.807) is 0 Å². The van der Waals surface area contributed by atoms with Crippen LogP contribution in [0, 0.1) is 52.3 Å². The number of hydrogen-bond acceptors (Lipinski definition) is 9. The summed E-state index contributed by atoms with van der Waals surface area (Å²) in [4.78, 5) is 0. The van der Waals surface area contributed by atoms with Crippen molar-refractivity contribution in [3.8, 4) is 0 Å². The molecule has 0 bridgehead atoms. The van der Waals surface area contributed by atoms with Crippen LogP contribution in [0.4, 0.5) is 0 Å². The number of rotatable bonds is 3. The maximum atomic E-state index is 11.4. The van der Waals surface area contributed by atoms with E-state index in [4.69, 9.17) is 18.9 Å². The normalized spacial score (nSPS) is 60.9. The Labute approximate surface area is 250 Å². The zero-order valence-corrected chi connectivity index (χ0v) is 25.8. The molecule has 0 aromatic rings. The molecule has 4 aliphatic carbocycles. The molecule has 7 fully saturated rings. The molecule has 1 spiro atoms. The third-order valence-electron chi connectivity index (χ3n) is 14.1. The van der Waals surface area contributed by atoms with E-state index in [1.165, 1.54) is 25.7 Å². The number of ether oxygens (including phenoxy) is 4. The second-order valence-electron chi connectivity index (χ2n) is 16.1. The first-order valence-corrected chi connectivity index (χ1v) is 16.9. The minimum absolute atomic E-state index is 0.00686. The molecular formula is C33H54O9. The largest absolute Gasteiger partial charge is 0.394 e. The van der Waals surface area contributed by atoms with Crippen LogP contribution in [0.3, 0.4) is 0 Å². The molecule has 0 aromatic carbocycles. The van der Waals surface area contributed by atoms with E-state index in [1.807, 2.05) is 0 Å². The van der Waals surface area contributed by atoms with Gasteiger partial charge in [-0.2, -0.15) is 0 Å². The van der Waals surface area contributed by atoms with Crippen molar-refractivity contribution in [3.63, 3.8) is 0 Å². The van der Waals surface area contributed by atoms with Gasteiger partial charge >= 0.3 is 0 Å². The molecule has 42 heavy (non-hydrogen) atoms. The summed E-state index contributed by atoms with van der Waals surface area (Å²) in [6.07, 6.45) is 1.68. The van der Waals surface area contributed by atoms with Crippen molar-refractivity contribution < 1.29 is 44.5 Å². The first-order chi connectivity index (χ1) is 19.9. The molecule has 0 unspecified atom stereocenters. The van der Waals surface area contributed by atoms with Crippen molar-refractivity contribution in [2.75, 3.05) is 13.2 Å². The predicted molar refractivity (Wildman–Crippen MR) is 152 cm³/mol. The number of aliphatic hydroxyl groups excluding tert-OH is 5. The van der Waals surface area contributed by atoms with Crippen LogP contribution in [0.5, 0.6) is 0 Å². The molecule has 7 aliphatic rings. The Morgan fingerprint density at radius 1 is 0.857 bits per heavy atom. The SMILES string of the molecule is C[C@H]1CC[C@@]2(OC1)O[C@H]1C[C@H]3[C@@H]4CC[C@@H]5C[C@@H](O[C@@H]6O[C@H](CO)[C@@H](O)[C@H](O)[C@H]6O)[C@@H](O)C[C@]5(C)[C@H]4CC[C@]3(C)[C@H]1[C@@H]2C. The molecule has 5 N–H and O–H groups in total. The topological polar surface area (TPSA) is 138 Å². The standard InChI is InChI=1S/C33H54O9/c1-16-7-10-33(39-15-16)17(2)26-24(42-33)12-21-19-6-5-18-11-23(40-30-29(38)28(37)27(36)25(14-34)41-30)22(35)13-32(18,4)20(19)8-9-31(21,26)3/h16-30,34-38H,5-15H2,1-4H3/t16-,17-,18+,19+,20-,21-,22-,23+,24-,25+,26-,27+,28-,29+,30+,31-,32-,33+/m0/s1. The molecule has 3 heterocycles. The van der Waals surface area contributed by atoms with Crippen molar-refractivity contribution >= 4 is 0 Å². The molecule has 18 atom stereocenters. The van der Waals surface area contributed by atoms with Crippen LogP contribution < -0.4 is 0 Å².